The van der Waals surface area contributed by atoms with Gasteiger partial charge in [0.25, 0.3) is 0 Å². The third-order valence-electron chi connectivity index (χ3n) is 5.07. The highest BCUT2D eigenvalue weighted by molar-refractivity contribution is 5.43. The number of ether oxygens (including phenoxy) is 1. The van der Waals surface area contributed by atoms with Gasteiger partial charge in [0, 0.05) is 51.2 Å². The lowest BCUT2D eigenvalue weighted by atomic mass is 10.2. The number of hydrogen-bond acceptors (Lipinski definition) is 7. The minimum absolute atomic E-state index is 0.374. The Balaban J connectivity index is 1.34. The third kappa shape index (κ3) is 4.11. The molecular weight excluding hydrogens is 328 g/mol. The van der Waals surface area contributed by atoms with Crippen LogP contribution in [0.2, 0.25) is 0 Å². The second kappa shape index (κ2) is 7.97. The molecule has 4 rings (SSSR count). The summed E-state index contributed by atoms with van der Waals surface area (Å²) in [7, 11) is 0. The molecule has 2 fully saturated rings. The van der Waals surface area contributed by atoms with Crippen molar-refractivity contribution in [2.75, 3.05) is 49.6 Å². The normalized spacial score (nSPS) is 21.1. The van der Waals surface area contributed by atoms with Crippen molar-refractivity contribution in [3.05, 3.63) is 41.9 Å². The molecule has 1 N–H and O–H groups in total. The Morgan fingerprint density at radius 1 is 1.15 bits per heavy atom. The molecule has 1 unspecified atom stereocenters. The van der Waals surface area contributed by atoms with Crippen molar-refractivity contribution < 1.29 is 4.74 Å². The lowest BCUT2D eigenvalue weighted by Gasteiger charge is -2.28. The van der Waals surface area contributed by atoms with Crippen LogP contribution in [0.15, 0.2) is 30.6 Å². The number of morpholine rings is 1. The molecular formula is C19H26N6O. The molecule has 0 aliphatic carbocycles. The van der Waals surface area contributed by atoms with Gasteiger partial charge < -0.3 is 15.0 Å². The van der Waals surface area contributed by atoms with Gasteiger partial charge in [0.15, 0.2) is 0 Å². The van der Waals surface area contributed by atoms with Gasteiger partial charge in [0.2, 0.25) is 5.95 Å². The van der Waals surface area contributed by atoms with E-state index in [4.69, 9.17) is 9.72 Å². The summed E-state index contributed by atoms with van der Waals surface area (Å²) in [6, 6.07) is 6.46. The summed E-state index contributed by atoms with van der Waals surface area (Å²) in [5.74, 6) is 1.69. The van der Waals surface area contributed by atoms with E-state index in [0.29, 0.717) is 6.04 Å². The van der Waals surface area contributed by atoms with Crippen molar-refractivity contribution in [1.82, 2.24) is 19.9 Å². The van der Waals surface area contributed by atoms with Gasteiger partial charge in [-0.3, -0.25) is 9.88 Å². The summed E-state index contributed by atoms with van der Waals surface area (Å²) in [5, 5.41) is 3.51. The molecule has 0 aromatic carbocycles. The fourth-order valence-corrected chi connectivity index (χ4v) is 3.56. The molecule has 0 radical (unpaired) electrons. The zero-order valence-corrected chi connectivity index (χ0v) is 15.3. The van der Waals surface area contributed by atoms with Gasteiger partial charge in [-0.05, 0) is 31.0 Å². The second-order valence-electron chi connectivity index (χ2n) is 6.97. The molecule has 0 spiro atoms. The maximum Gasteiger partial charge on any atom is 0.224 e. The number of rotatable bonds is 5. The summed E-state index contributed by atoms with van der Waals surface area (Å²) >= 11 is 0. The molecule has 2 aliphatic heterocycles. The van der Waals surface area contributed by atoms with E-state index in [2.05, 4.69) is 38.1 Å². The predicted molar refractivity (Wildman–Crippen MR) is 101 cm³/mol. The average molecular weight is 354 g/mol. The first-order chi connectivity index (χ1) is 12.8. The second-order valence-corrected chi connectivity index (χ2v) is 6.97. The topological polar surface area (TPSA) is 66.4 Å². The first kappa shape index (κ1) is 17.2. The molecule has 26 heavy (non-hydrogen) atoms. The number of hydrogen-bond donors (Lipinski definition) is 1. The monoisotopic (exact) mass is 354 g/mol. The third-order valence-corrected chi connectivity index (χ3v) is 5.07. The zero-order valence-electron chi connectivity index (χ0n) is 15.3. The molecule has 4 heterocycles. The van der Waals surface area contributed by atoms with Gasteiger partial charge in [0.1, 0.15) is 5.82 Å². The van der Waals surface area contributed by atoms with E-state index in [-0.39, 0.29) is 0 Å². The number of anilines is 2. The molecule has 0 bridgehead atoms. The highest BCUT2D eigenvalue weighted by atomic mass is 16.5. The van der Waals surface area contributed by atoms with Crippen LogP contribution in [0.4, 0.5) is 11.8 Å². The molecule has 7 nitrogen and oxygen atoms in total. The summed E-state index contributed by atoms with van der Waals surface area (Å²) in [6.07, 6.45) is 4.81. The van der Waals surface area contributed by atoms with Crippen LogP contribution >= 0.6 is 0 Å². The fourth-order valence-electron chi connectivity index (χ4n) is 3.56. The number of nitrogens with one attached hydrogen (secondary N) is 1. The molecule has 2 aromatic rings. The van der Waals surface area contributed by atoms with Crippen molar-refractivity contribution >= 4 is 11.8 Å². The van der Waals surface area contributed by atoms with Gasteiger partial charge >= 0.3 is 0 Å². The Kier molecular flexibility index (Phi) is 5.26. The number of likely N-dealkylation sites (tertiary alicyclic amines) is 1. The molecule has 2 aliphatic rings. The van der Waals surface area contributed by atoms with Crippen LogP contribution < -0.4 is 10.2 Å². The number of pyridine rings is 1. The summed E-state index contributed by atoms with van der Waals surface area (Å²) in [5.41, 5.74) is 2.42. The van der Waals surface area contributed by atoms with E-state index >= 15 is 0 Å². The fraction of sp³-hybridized carbons (Fsp3) is 0.526. The van der Waals surface area contributed by atoms with E-state index in [1.807, 2.05) is 24.5 Å². The maximum atomic E-state index is 5.42. The average Bonchev–Trinajstić information content (AvgIpc) is 3.11. The van der Waals surface area contributed by atoms with E-state index < -0.39 is 0 Å². The lowest BCUT2D eigenvalue weighted by Crippen LogP contribution is -2.37. The highest BCUT2D eigenvalue weighted by Gasteiger charge is 2.24. The Morgan fingerprint density at radius 2 is 2.04 bits per heavy atom. The molecule has 7 heteroatoms. The highest BCUT2D eigenvalue weighted by Crippen LogP contribution is 2.19. The Hall–Kier alpha value is -2.25. The van der Waals surface area contributed by atoms with Gasteiger partial charge in [-0.2, -0.15) is 4.98 Å². The van der Waals surface area contributed by atoms with Crippen molar-refractivity contribution in [3.8, 4) is 0 Å². The molecule has 2 aromatic heterocycles. The first-order valence-corrected chi connectivity index (χ1v) is 9.33. The van der Waals surface area contributed by atoms with E-state index in [1.54, 1.807) is 0 Å². The minimum atomic E-state index is 0.374. The zero-order chi connectivity index (χ0) is 17.8. The van der Waals surface area contributed by atoms with Crippen LogP contribution in [0, 0.1) is 6.92 Å². The van der Waals surface area contributed by atoms with Gasteiger partial charge in [-0.1, -0.05) is 6.07 Å². The summed E-state index contributed by atoms with van der Waals surface area (Å²) in [4.78, 5) is 18.3. The molecule has 138 valence electrons. The quantitative estimate of drug-likeness (QED) is 0.877. The molecule has 2 saturated heterocycles. The molecule has 0 saturated carbocycles. The van der Waals surface area contributed by atoms with Gasteiger partial charge in [-0.15, -0.1) is 0 Å². The predicted octanol–water partition coefficient (Wildman–Crippen LogP) is 1.70. The largest absolute Gasteiger partial charge is 0.378 e. The van der Waals surface area contributed by atoms with Gasteiger partial charge in [-0.25, -0.2) is 4.98 Å². The Labute approximate surface area is 154 Å². The molecule has 0 amide bonds. The summed E-state index contributed by atoms with van der Waals surface area (Å²) in [6.45, 7) is 8.37. The maximum absolute atomic E-state index is 5.42. The van der Waals surface area contributed by atoms with E-state index in [1.165, 1.54) is 11.3 Å². The Bertz CT molecular complexity index is 733. The SMILES string of the molecule is Cc1cccnc1CN1CCC(Nc2nccc(N3CCOCC3)n2)C1. The van der Waals surface area contributed by atoms with Crippen LogP contribution in [0.3, 0.4) is 0 Å². The van der Waals surface area contributed by atoms with Gasteiger partial charge in [0.05, 0.1) is 18.9 Å². The lowest BCUT2D eigenvalue weighted by molar-refractivity contribution is 0.122. The van der Waals surface area contributed by atoms with Crippen molar-refractivity contribution in [2.24, 2.45) is 0 Å². The molecule has 1 atom stereocenters. The van der Waals surface area contributed by atoms with E-state index in [0.717, 1.165) is 64.1 Å². The number of aryl methyl sites for hydroxylation is 1. The number of aromatic nitrogens is 3. The van der Waals surface area contributed by atoms with E-state index in [9.17, 15) is 0 Å². The summed E-state index contributed by atoms with van der Waals surface area (Å²) < 4.78 is 5.42. The standard InChI is InChI=1S/C19H26N6O/c1-15-3-2-6-20-17(15)14-24-8-5-16(13-24)22-19-21-7-4-18(23-19)25-9-11-26-12-10-25/h2-4,6-7,16H,5,8-14H2,1H3,(H,21,22,23). The van der Waals surface area contributed by atoms with Crippen LogP contribution in [-0.4, -0.2) is 65.3 Å². The van der Waals surface area contributed by atoms with Crippen LogP contribution in [0.1, 0.15) is 17.7 Å². The van der Waals surface area contributed by atoms with Crippen LogP contribution in [-0.2, 0) is 11.3 Å². The van der Waals surface area contributed by atoms with Crippen LogP contribution in [0.5, 0.6) is 0 Å². The van der Waals surface area contributed by atoms with Crippen molar-refractivity contribution in [3.63, 3.8) is 0 Å². The van der Waals surface area contributed by atoms with Crippen molar-refractivity contribution in [1.29, 1.82) is 0 Å². The first-order valence-electron chi connectivity index (χ1n) is 9.33. The van der Waals surface area contributed by atoms with Crippen LogP contribution in [0.25, 0.3) is 0 Å². The smallest absolute Gasteiger partial charge is 0.224 e. The Morgan fingerprint density at radius 3 is 2.88 bits per heavy atom. The number of nitrogens with zero attached hydrogens (tertiary/aromatic N) is 5. The minimum Gasteiger partial charge on any atom is -0.378 e. The van der Waals surface area contributed by atoms with Crippen molar-refractivity contribution in [2.45, 2.75) is 25.9 Å².